The summed E-state index contributed by atoms with van der Waals surface area (Å²) in [4.78, 5) is 0. The summed E-state index contributed by atoms with van der Waals surface area (Å²) < 4.78 is 11.7. The molecular weight excluding hydrogens is 164 g/mol. The van der Waals surface area contributed by atoms with Crippen LogP contribution >= 0.6 is 0 Å². The molecule has 0 aromatic heterocycles. The van der Waals surface area contributed by atoms with E-state index in [1.165, 1.54) is 25.7 Å². The Balaban J connectivity index is 2.07. The van der Waals surface area contributed by atoms with Crippen LogP contribution in [0, 0.1) is 5.92 Å². The molecule has 76 valence electrons. The van der Waals surface area contributed by atoms with E-state index >= 15 is 0 Å². The first kappa shape index (κ1) is 9.47. The number of hydrogen-bond acceptors (Lipinski definition) is 2. The minimum absolute atomic E-state index is 0.363. The molecule has 2 nitrogen and oxygen atoms in total. The zero-order valence-electron chi connectivity index (χ0n) is 8.88. The van der Waals surface area contributed by atoms with E-state index in [1.807, 2.05) is 13.8 Å². The summed E-state index contributed by atoms with van der Waals surface area (Å²) in [6.07, 6.45) is 5.99. The summed E-state index contributed by atoms with van der Waals surface area (Å²) in [7, 11) is 0. The zero-order valence-corrected chi connectivity index (χ0v) is 8.88. The first-order valence-corrected chi connectivity index (χ1v) is 5.44. The maximum absolute atomic E-state index is 5.93. The highest BCUT2D eigenvalue weighted by Crippen LogP contribution is 2.38. The minimum atomic E-state index is -0.363. The van der Waals surface area contributed by atoms with Crippen LogP contribution < -0.4 is 0 Å². The van der Waals surface area contributed by atoms with Crippen LogP contribution in [0.15, 0.2) is 0 Å². The van der Waals surface area contributed by atoms with Crippen LogP contribution in [0.2, 0.25) is 0 Å². The molecule has 3 atom stereocenters. The Labute approximate surface area is 80.6 Å². The standard InChI is InChI=1S/C11H20O2/c1-8-9-6-4-5-7-10(9)13-11(2,3)12-8/h8-10H,4-7H2,1-3H3. The third-order valence-electron chi connectivity index (χ3n) is 3.26. The van der Waals surface area contributed by atoms with Gasteiger partial charge in [-0.3, -0.25) is 0 Å². The molecule has 0 aromatic carbocycles. The molecule has 1 heterocycles. The topological polar surface area (TPSA) is 18.5 Å². The molecular formula is C11H20O2. The molecule has 2 aliphatic rings. The molecule has 0 radical (unpaired) electrons. The molecule has 2 heteroatoms. The summed E-state index contributed by atoms with van der Waals surface area (Å²) in [5.74, 6) is 0.277. The third-order valence-corrected chi connectivity index (χ3v) is 3.26. The van der Waals surface area contributed by atoms with Crippen LogP contribution in [0.1, 0.15) is 46.5 Å². The first-order valence-electron chi connectivity index (χ1n) is 5.44. The lowest BCUT2D eigenvalue weighted by Gasteiger charge is -2.47. The van der Waals surface area contributed by atoms with E-state index in [-0.39, 0.29) is 5.79 Å². The van der Waals surface area contributed by atoms with Crippen molar-refractivity contribution >= 4 is 0 Å². The predicted octanol–water partition coefficient (Wildman–Crippen LogP) is 2.72. The van der Waals surface area contributed by atoms with Gasteiger partial charge in [-0.05, 0) is 33.6 Å². The van der Waals surface area contributed by atoms with Gasteiger partial charge in [-0.25, -0.2) is 0 Å². The van der Waals surface area contributed by atoms with Gasteiger partial charge in [0.05, 0.1) is 12.2 Å². The summed E-state index contributed by atoms with van der Waals surface area (Å²) >= 11 is 0. The van der Waals surface area contributed by atoms with Gasteiger partial charge in [0, 0.05) is 5.92 Å². The fourth-order valence-electron chi connectivity index (χ4n) is 2.74. The van der Waals surface area contributed by atoms with E-state index in [1.54, 1.807) is 0 Å². The smallest absolute Gasteiger partial charge is 0.163 e. The van der Waals surface area contributed by atoms with Crippen LogP contribution in [-0.2, 0) is 9.47 Å². The lowest BCUT2D eigenvalue weighted by atomic mass is 9.82. The average molecular weight is 184 g/mol. The van der Waals surface area contributed by atoms with Gasteiger partial charge in [0.25, 0.3) is 0 Å². The number of rotatable bonds is 0. The van der Waals surface area contributed by atoms with Crippen molar-refractivity contribution in [3.05, 3.63) is 0 Å². The molecule has 1 aliphatic heterocycles. The Hall–Kier alpha value is -0.0800. The summed E-state index contributed by atoms with van der Waals surface area (Å²) in [5, 5.41) is 0. The quantitative estimate of drug-likeness (QED) is 0.576. The van der Waals surface area contributed by atoms with E-state index in [4.69, 9.17) is 9.47 Å². The highest BCUT2D eigenvalue weighted by molar-refractivity contribution is 4.85. The highest BCUT2D eigenvalue weighted by Gasteiger charge is 2.41. The van der Waals surface area contributed by atoms with Crippen molar-refractivity contribution < 1.29 is 9.47 Å². The molecule has 3 unspecified atom stereocenters. The Morgan fingerprint density at radius 1 is 1.08 bits per heavy atom. The van der Waals surface area contributed by atoms with Crippen molar-refractivity contribution in [2.24, 2.45) is 5.92 Å². The maximum Gasteiger partial charge on any atom is 0.163 e. The van der Waals surface area contributed by atoms with Crippen LogP contribution in [0.4, 0.5) is 0 Å². The number of fused-ring (bicyclic) bond motifs is 1. The Morgan fingerprint density at radius 2 is 1.77 bits per heavy atom. The van der Waals surface area contributed by atoms with Crippen molar-refractivity contribution in [3.63, 3.8) is 0 Å². The van der Waals surface area contributed by atoms with Crippen LogP contribution in [0.5, 0.6) is 0 Å². The highest BCUT2D eigenvalue weighted by atomic mass is 16.7. The molecule has 2 rings (SSSR count). The second-order valence-electron chi connectivity index (χ2n) is 4.83. The van der Waals surface area contributed by atoms with Crippen molar-refractivity contribution in [1.29, 1.82) is 0 Å². The van der Waals surface area contributed by atoms with E-state index in [0.717, 1.165) is 0 Å². The first-order chi connectivity index (χ1) is 6.08. The SMILES string of the molecule is CC1OC(C)(C)OC2CCCCC12. The molecule has 0 amide bonds. The molecule has 1 aliphatic carbocycles. The molecule has 2 fully saturated rings. The second-order valence-corrected chi connectivity index (χ2v) is 4.83. The number of hydrogen-bond donors (Lipinski definition) is 0. The third kappa shape index (κ3) is 1.89. The van der Waals surface area contributed by atoms with Crippen molar-refractivity contribution in [2.45, 2.75) is 64.4 Å². The average Bonchev–Trinajstić information content (AvgIpc) is 2.02. The van der Waals surface area contributed by atoms with Gasteiger partial charge in [-0.2, -0.15) is 0 Å². The molecule has 0 N–H and O–H groups in total. The van der Waals surface area contributed by atoms with E-state index < -0.39 is 0 Å². The summed E-state index contributed by atoms with van der Waals surface area (Å²) in [5.41, 5.74) is 0. The molecule has 0 bridgehead atoms. The Morgan fingerprint density at radius 3 is 2.54 bits per heavy atom. The second kappa shape index (κ2) is 3.25. The van der Waals surface area contributed by atoms with Crippen molar-refractivity contribution in [1.82, 2.24) is 0 Å². The van der Waals surface area contributed by atoms with Gasteiger partial charge >= 0.3 is 0 Å². The van der Waals surface area contributed by atoms with Gasteiger partial charge in [-0.1, -0.05) is 12.8 Å². The monoisotopic (exact) mass is 184 g/mol. The lowest BCUT2D eigenvalue weighted by Crippen LogP contribution is -2.50. The van der Waals surface area contributed by atoms with Crippen molar-refractivity contribution in [3.8, 4) is 0 Å². The van der Waals surface area contributed by atoms with Crippen molar-refractivity contribution in [2.75, 3.05) is 0 Å². The fourth-order valence-corrected chi connectivity index (χ4v) is 2.74. The van der Waals surface area contributed by atoms with Gasteiger partial charge in [-0.15, -0.1) is 0 Å². The summed E-state index contributed by atoms with van der Waals surface area (Å²) in [6, 6.07) is 0. The Kier molecular flexibility index (Phi) is 2.37. The molecule has 1 saturated carbocycles. The predicted molar refractivity (Wildman–Crippen MR) is 51.5 cm³/mol. The molecule has 1 saturated heterocycles. The van der Waals surface area contributed by atoms with Gasteiger partial charge in [0.2, 0.25) is 0 Å². The van der Waals surface area contributed by atoms with E-state index in [2.05, 4.69) is 6.92 Å². The Bertz CT molecular complexity index is 189. The van der Waals surface area contributed by atoms with Crippen LogP contribution in [0.3, 0.4) is 0 Å². The molecule has 0 aromatic rings. The normalized spacial score (nSPS) is 44.1. The number of ether oxygens (including phenoxy) is 2. The van der Waals surface area contributed by atoms with Gasteiger partial charge < -0.3 is 9.47 Å². The van der Waals surface area contributed by atoms with Gasteiger partial charge in [0.1, 0.15) is 0 Å². The largest absolute Gasteiger partial charge is 0.347 e. The molecule has 13 heavy (non-hydrogen) atoms. The molecule has 0 spiro atoms. The maximum atomic E-state index is 5.93. The minimum Gasteiger partial charge on any atom is -0.347 e. The lowest BCUT2D eigenvalue weighted by molar-refractivity contribution is -0.322. The van der Waals surface area contributed by atoms with Gasteiger partial charge in [0.15, 0.2) is 5.79 Å². The van der Waals surface area contributed by atoms with Crippen LogP contribution in [-0.4, -0.2) is 18.0 Å². The zero-order chi connectivity index (χ0) is 9.47. The summed E-state index contributed by atoms with van der Waals surface area (Å²) in [6.45, 7) is 6.23. The van der Waals surface area contributed by atoms with E-state index in [0.29, 0.717) is 18.1 Å². The van der Waals surface area contributed by atoms with Crippen LogP contribution in [0.25, 0.3) is 0 Å². The fraction of sp³-hybridized carbons (Fsp3) is 1.00. The van der Waals surface area contributed by atoms with E-state index in [9.17, 15) is 0 Å².